The average molecular weight is 263 g/mol. The maximum absolute atomic E-state index is 11.8. The van der Waals surface area contributed by atoms with Crippen LogP contribution in [0.25, 0.3) is 0 Å². The topological polar surface area (TPSA) is 84.2 Å². The van der Waals surface area contributed by atoms with Gasteiger partial charge < -0.3 is 16.4 Å². The van der Waals surface area contributed by atoms with Crippen LogP contribution in [0, 0.1) is 0 Å². The van der Waals surface area contributed by atoms with Crippen LogP contribution in [0.15, 0.2) is 24.3 Å². The summed E-state index contributed by atoms with van der Waals surface area (Å²) in [5, 5.41) is 5.29. The minimum absolute atomic E-state index is 0.118. The van der Waals surface area contributed by atoms with E-state index in [1.165, 1.54) is 0 Å². The quantitative estimate of drug-likeness (QED) is 0.727. The SMILES string of the molecule is CCCC(N)CC(=O)Nc1cccc(C(=O)NC)c1. The molecular formula is C14H21N3O2. The largest absolute Gasteiger partial charge is 0.355 e. The summed E-state index contributed by atoms with van der Waals surface area (Å²) in [7, 11) is 1.57. The fourth-order valence-corrected chi connectivity index (χ4v) is 1.81. The van der Waals surface area contributed by atoms with Gasteiger partial charge in [-0.3, -0.25) is 9.59 Å². The summed E-state index contributed by atoms with van der Waals surface area (Å²) in [4.78, 5) is 23.2. The van der Waals surface area contributed by atoms with Crippen LogP contribution in [-0.2, 0) is 4.79 Å². The van der Waals surface area contributed by atoms with Gasteiger partial charge in [-0.1, -0.05) is 19.4 Å². The van der Waals surface area contributed by atoms with Crippen LogP contribution in [0.1, 0.15) is 36.5 Å². The van der Waals surface area contributed by atoms with E-state index in [2.05, 4.69) is 10.6 Å². The molecule has 104 valence electrons. The number of hydrogen-bond acceptors (Lipinski definition) is 3. The second-order valence-corrected chi connectivity index (χ2v) is 4.46. The first-order valence-corrected chi connectivity index (χ1v) is 6.44. The summed E-state index contributed by atoms with van der Waals surface area (Å²) < 4.78 is 0. The highest BCUT2D eigenvalue weighted by Crippen LogP contribution is 2.11. The zero-order valence-electron chi connectivity index (χ0n) is 11.4. The van der Waals surface area contributed by atoms with Crippen molar-refractivity contribution in [1.29, 1.82) is 0 Å². The summed E-state index contributed by atoms with van der Waals surface area (Å²) in [5.74, 6) is -0.311. The molecule has 0 radical (unpaired) electrons. The van der Waals surface area contributed by atoms with Gasteiger partial charge in [0.2, 0.25) is 5.91 Å². The van der Waals surface area contributed by atoms with Gasteiger partial charge in [-0.25, -0.2) is 0 Å². The molecule has 1 unspecified atom stereocenters. The van der Waals surface area contributed by atoms with Gasteiger partial charge in [0.15, 0.2) is 0 Å². The van der Waals surface area contributed by atoms with Crippen LogP contribution in [-0.4, -0.2) is 24.9 Å². The Labute approximate surface area is 113 Å². The summed E-state index contributed by atoms with van der Waals surface area (Å²) >= 11 is 0. The first-order chi connectivity index (χ1) is 9.06. The van der Waals surface area contributed by atoms with Crippen molar-refractivity contribution in [3.63, 3.8) is 0 Å². The highest BCUT2D eigenvalue weighted by molar-refractivity contribution is 5.97. The van der Waals surface area contributed by atoms with E-state index in [9.17, 15) is 9.59 Å². The van der Waals surface area contributed by atoms with Gasteiger partial charge in [0.1, 0.15) is 0 Å². The lowest BCUT2D eigenvalue weighted by molar-refractivity contribution is -0.116. The molecule has 19 heavy (non-hydrogen) atoms. The Morgan fingerprint density at radius 3 is 2.74 bits per heavy atom. The third-order valence-corrected chi connectivity index (χ3v) is 2.74. The Morgan fingerprint density at radius 2 is 2.11 bits per heavy atom. The van der Waals surface area contributed by atoms with Crippen molar-refractivity contribution < 1.29 is 9.59 Å². The van der Waals surface area contributed by atoms with Crippen LogP contribution < -0.4 is 16.4 Å². The average Bonchev–Trinajstić information content (AvgIpc) is 2.38. The third-order valence-electron chi connectivity index (χ3n) is 2.74. The normalized spacial score (nSPS) is 11.7. The number of rotatable bonds is 6. The molecule has 0 aromatic heterocycles. The van der Waals surface area contributed by atoms with E-state index >= 15 is 0 Å². The Morgan fingerprint density at radius 1 is 1.37 bits per heavy atom. The number of nitrogens with one attached hydrogen (secondary N) is 2. The van der Waals surface area contributed by atoms with Crippen LogP contribution in [0.2, 0.25) is 0 Å². The molecule has 1 aromatic rings. The van der Waals surface area contributed by atoms with E-state index < -0.39 is 0 Å². The number of anilines is 1. The second kappa shape index (κ2) is 7.53. The molecular weight excluding hydrogens is 242 g/mol. The predicted octanol–water partition coefficient (Wildman–Crippen LogP) is 1.50. The van der Waals surface area contributed by atoms with E-state index in [0.717, 1.165) is 12.8 Å². The van der Waals surface area contributed by atoms with Gasteiger partial charge in [0, 0.05) is 30.8 Å². The Balaban J connectivity index is 2.62. The number of amides is 2. The molecule has 0 aliphatic rings. The molecule has 0 fully saturated rings. The van der Waals surface area contributed by atoms with Gasteiger partial charge in [-0.2, -0.15) is 0 Å². The van der Waals surface area contributed by atoms with Crippen molar-refractivity contribution in [3.05, 3.63) is 29.8 Å². The molecule has 0 aliphatic carbocycles. The van der Waals surface area contributed by atoms with E-state index in [0.29, 0.717) is 11.3 Å². The van der Waals surface area contributed by atoms with E-state index in [-0.39, 0.29) is 24.3 Å². The molecule has 0 bridgehead atoms. The number of carbonyl (C=O) groups excluding carboxylic acids is 2. The molecule has 1 rings (SSSR count). The fourth-order valence-electron chi connectivity index (χ4n) is 1.81. The first kappa shape index (κ1) is 15.2. The molecule has 0 aliphatic heterocycles. The van der Waals surface area contributed by atoms with Crippen LogP contribution >= 0.6 is 0 Å². The summed E-state index contributed by atoms with van der Waals surface area (Å²) in [6.07, 6.45) is 2.07. The van der Waals surface area contributed by atoms with E-state index in [1.54, 1.807) is 31.3 Å². The zero-order chi connectivity index (χ0) is 14.3. The molecule has 4 N–H and O–H groups in total. The van der Waals surface area contributed by atoms with Gasteiger partial charge in [0.25, 0.3) is 5.91 Å². The van der Waals surface area contributed by atoms with E-state index in [1.807, 2.05) is 6.92 Å². The molecule has 0 heterocycles. The lowest BCUT2D eigenvalue weighted by Gasteiger charge is -2.11. The first-order valence-electron chi connectivity index (χ1n) is 6.44. The van der Waals surface area contributed by atoms with Crippen molar-refractivity contribution in [3.8, 4) is 0 Å². The lowest BCUT2D eigenvalue weighted by Crippen LogP contribution is -2.27. The molecule has 0 spiro atoms. The molecule has 2 amide bonds. The summed E-state index contributed by atoms with van der Waals surface area (Å²) in [5.41, 5.74) is 6.93. The Hall–Kier alpha value is -1.88. The maximum atomic E-state index is 11.8. The minimum Gasteiger partial charge on any atom is -0.355 e. The number of benzene rings is 1. The van der Waals surface area contributed by atoms with Gasteiger partial charge >= 0.3 is 0 Å². The molecule has 1 atom stereocenters. The molecule has 0 saturated heterocycles. The van der Waals surface area contributed by atoms with Crippen molar-refractivity contribution in [2.24, 2.45) is 5.73 Å². The number of hydrogen-bond donors (Lipinski definition) is 3. The number of carbonyl (C=O) groups is 2. The summed E-state index contributed by atoms with van der Waals surface area (Å²) in [6, 6.07) is 6.69. The monoisotopic (exact) mass is 263 g/mol. The second-order valence-electron chi connectivity index (χ2n) is 4.46. The minimum atomic E-state index is -0.182. The standard InChI is InChI=1S/C14H21N3O2/c1-3-5-11(15)9-13(18)17-12-7-4-6-10(8-12)14(19)16-2/h4,6-8,11H,3,5,9,15H2,1-2H3,(H,16,19)(H,17,18). The summed E-state index contributed by atoms with van der Waals surface area (Å²) in [6.45, 7) is 2.03. The van der Waals surface area contributed by atoms with Crippen LogP contribution in [0.4, 0.5) is 5.69 Å². The Kier molecular flexibility index (Phi) is 6.02. The maximum Gasteiger partial charge on any atom is 0.251 e. The zero-order valence-corrected chi connectivity index (χ0v) is 11.4. The highest BCUT2D eigenvalue weighted by Gasteiger charge is 2.10. The van der Waals surface area contributed by atoms with Crippen molar-refractivity contribution in [2.45, 2.75) is 32.2 Å². The molecule has 0 saturated carbocycles. The predicted molar refractivity (Wildman–Crippen MR) is 76.0 cm³/mol. The fraction of sp³-hybridized carbons (Fsp3) is 0.429. The van der Waals surface area contributed by atoms with Gasteiger partial charge in [0.05, 0.1) is 0 Å². The van der Waals surface area contributed by atoms with Gasteiger partial charge in [-0.05, 0) is 24.6 Å². The van der Waals surface area contributed by atoms with E-state index in [4.69, 9.17) is 5.73 Å². The molecule has 1 aromatic carbocycles. The van der Waals surface area contributed by atoms with Crippen LogP contribution in [0.5, 0.6) is 0 Å². The lowest BCUT2D eigenvalue weighted by atomic mass is 10.1. The highest BCUT2D eigenvalue weighted by atomic mass is 16.2. The van der Waals surface area contributed by atoms with Crippen LogP contribution in [0.3, 0.4) is 0 Å². The molecule has 5 heteroatoms. The van der Waals surface area contributed by atoms with Gasteiger partial charge in [-0.15, -0.1) is 0 Å². The van der Waals surface area contributed by atoms with Crippen molar-refractivity contribution in [2.75, 3.05) is 12.4 Å². The third kappa shape index (κ3) is 5.09. The van der Waals surface area contributed by atoms with Crippen molar-refractivity contribution >= 4 is 17.5 Å². The smallest absolute Gasteiger partial charge is 0.251 e. The molecule has 5 nitrogen and oxygen atoms in total. The number of nitrogens with two attached hydrogens (primary N) is 1. The van der Waals surface area contributed by atoms with Crippen molar-refractivity contribution in [1.82, 2.24) is 5.32 Å². The Bertz CT molecular complexity index is 446.